The SMILES string of the molecule is Cc1c(Cl)cccc1N=Cc1cccc(OCc2ccc(F)cc2)c1. The molecule has 0 unspecified atom stereocenters. The van der Waals surface area contributed by atoms with E-state index in [1.807, 2.05) is 49.4 Å². The summed E-state index contributed by atoms with van der Waals surface area (Å²) in [6.45, 7) is 2.32. The van der Waals surface area contributed by atoms with Gasteiger partial charge in [-0.3, -0.25) is 4.99 Å². The molecule has 0 aliphatic carbocycles. The zero-order chi connectivity index (χ0) is 17.6. The minimum atomic E-state index is -0.252. The maximum absolute atomic E-state index is 12.9. The second kappa shape index (κ2) is 7.95. The molecule has 0 N–H and O–H groups in total. The van der Waals surface area contributed by atoms with Crippen molar-refractivity contribution < 1.29 is 9.13 Å². The van der Waals surface area contributed by atoms with Gasteiger partial charge in [-0.2, -0.15) is 0 Å². The summed E-state index contributed by atoms with van der Waals surface area (Å²) < 4.78 is 18.7. The van der Waals surface area contributed by atoms with E-state index in [-0.39, 0.29) is 5.82 Å². The van der Waals surface area contributed by atoms with Crippen LogP contribution >= 0.6 is 11.6 Å². The first kappa shape index (κ1) is 17.2. The van der Waals surface area contributed by atoms with E-state index in [2.05, 4.69) is 4.99 Å². The van der Waals surface area contributed by atoms with Crippen molar-refractivity contribution >= 4 is 23.5 Å². The van der Waals surface area contributed by atoms with Crippen LogP contribution in [0.5, 0.6) is 5.75 Å². The quantitative estimate of drug-likeness (QED) is 0.506. The summed E-state index contributed by atoms with van der Waals surface area (Å²) in [5.41, 5.74) is 3.63. The Morgan fingerprint density at radius 2 is 1.80 bits per heavy atom. The summed E-state index contributed by atoms with van der Waals surface area (Å²) in [4.78, 5) is 4.50. The molecule has 0 saturated heterocycles. The van der Waals surface area contributed by atoms with Gasteiger partial charge in [0.15, 0.2) is 0 Å². The summed E-state index contributed by atoms with van der Waals surface area (Å²) in [5.74, 6) is 0.481. The van der Waals surface area contributed by atoms with Crippen LogP contribution in [-0.4, -0.2) is 6.21 Å². The minimum Gasteiger partial charge on any atom is -0.489 e. The lowest BCUT2D eigenvalue weighted by Gasteiger charge is -2.07. The van der Waals surface area contributed by atoms with E-state index in [4.69, 9.17) is 16.3 Å². The molecule has 0 spiro atoms. The molecule has 3 aromatic rings. The van der Waals surface area contributed by atoms with E-state index in [0.29, 0.717) is 11.6 Å². The number of benzene rings is 3. The van der Waals surface area contributed by atoms with E-state index in [0.717, 1.165) is 28.1 Å². The topological polar surface area (TPSA) is 21.6 Å². The third-order valence-corrected chi connectivity index (χ3v) is 4.18. The molecule has 25 heavy (non-hydrogen) atoms. The lowest BCUT2D eigenvalue weighted by molar-refractivity contribution is 0.306. The largest absolute Gasteiger partial charge is 0.489 e. The van der Waals surface area contributed by atoms with Crippen molar-refractivity contribution in [1.82, 2.24) is 0 Å². The molecule has 0 aliphatic heterocycles. The molecule has 3 rings (SSSR count). The van der Waals surface area contributed by atoms with Gasteiger partial charge in [0.25, 0.3) is 0 Å². The van der Waals surface area contributed by atoms with Crippen LogP contribution in [0.25, 0.3) is 0 Å². The van der Waals surface area contributed by atoms with Gasteiger partial charge in [0.05, 0.1) is 5.69 Å². The molecular weight excluding hydrogens is 337 g/mol. The van der Waals surface area contributed by atoms with Gasteiger partial charge >= 0.3 is 0 Å². The maximum atomic E-state index is 12.9. The Bertz CT molecular complexity index is 891. The Balaban J connectivity index is 1.69. The zero-order valence-electron chi connectivity index (χ0n) is 13.7. The molecule has 0 fully saturated rings. The summed E-state index contributed by atoms with van der Waals surface area (Å²) in [7, 11) is 0. The van der Waals surface area contributed by atoms with Crippen LogP contribution in [0.3, 0.4) is 0 Å². The van der Waals surface area contributed by atoms with Gasteiger partial charge in [-0.15, -0.1) is 0 Å². The first-order valence-electron chi connectivity index (χ1n) is 7.88. The first-order valence-corrected chi connectivity index (χ1v) is 8.26. The molecule has 3 aromatic carbocycles. The van der Waals surface area contributed by atoms with Crippen LogP contribution in [0.1, 0.15) is 16.7 Å². The average Bonchev–Trinajstić information content (AvgIpc) is 2.63. The zero-order valence-corrected chi connectivity index (χ0v) is 14.5. The summed E-state index contributed by atoms with van der Waals surface area (Å²) in [6, 6.07) is 19.6. The summed E-state index contributed by atoms with van der Waals surface area (Å²) >= 11 is 6.11. The fourth-order valence-electron chi connectivity index (χ4n) is 2.31. The fourth-order valence-corrected chi connectivity index (χ4v) is 2.48. The van der Waals surface area contributed by atoms with Crippen molar-refractivity contribution in [2.45, 2.75) is 13.5 Å². The van der Waals surface area contributed by atoms with Gasteiger partial charge in [-0.25, -0.2) is 4.39 Å². The molecule has 0 atom stereocenters. The third-order valence-electron chi connectivity index (χ3n) is 3.77. The molecule has 126 valence electrons. The Hall–Kier alpha value is -2.65. The molecule has 0 aliphatic rings. The predicted molar refractivity (Wildman–Crippen MR) is 101 cm³/mol. The van der Waals surface area contributed by atoms with Crippen LogP contribution in [0.2, 0.25) is 5.02 Å². The van der Waals surface area contributed by atoms with Crippen molar-refractivity contribution in [2.75, 3.05) is 0 Å². The predicted octanol–water partition coefficient (Wildman–Crippen LogP) is 6.12. The van der Waals surface area contributed by atoms with Gasteiger partial charge in [0.2, 0.25) is 0 Å². The monoisotopic (exact) mass is 353 g/mol. The molecule has 4 heteroatoms. The first-order chi connectivity index (χ1) is 12.1. The number of halogens is 2. The molecular formula is C21H17ClFNO. The highest BCUT2D eigenvalue weighted by Crippen LogP contribution is 2.25. The number of nitrogens with zero attached hydrogens (tertiary/aromatic N) is 1. The summed E-state index contributed by atoms with van der Waals surface area (Å²) in [6.07, 6.45) is 1.78. The Labute approximate surface area is 151 Å². The maximum Gasteiger partial charge on any atom is 0.123 e. The van der Waals surface area contributed by atoms with E-state index < -0.39 is 0 Å². The van der Waals surface area contributed by atoms with Crippen molar-refractivity contribution in [3.8, 4) is 5.75 Å². The van der Waals surface area contributed by atoms with E-state index in [9.17, 15) is 4.39 Å². The van der Waals surface area contributed by atoms with Crippen LogP contribution in [0.15, 0.2) is 71.7 Å². The normalized spacial score (nSPS) is 11.0. The highest BCUT2D eigenvalue weighted by Gasteiger charge is 2.01. The minimum absolute atomic E-state index is 0.252. The average molecular weight is 354 g/mol. The second-order valence-electron chi connectivity index (χ2n) is 5.63. The Kier molecular flexibility index (Phi) is 5.46. The van der Waals surface area contributed by atoms with Gasteiger partial charge in [0.1, 0.15) is 18.2 Å². The van der Waals surface area contributed by atoms with Gasteiger partial charge in [0, 0.05) is 11.2 Å². The fraction of sp³-hybridized carbons (Fsp3) is 0.0952. The third kappa shape index (κ3) is 4.68. The molecule has 0 bridgehead atoms. The van der Waals surface area contributed by atoms with Gasteiger partial charge in [-0.05, 0) is 60.0 Å². The number of rotatable bonds is 5. The lowest BCUT2D eigenvalue weighted by Crippen LogP contribution is -1.96. The molecule has 0 aromatic heterocycles. The molecule has 0 heterocycles. The number of aliphatic imine (C=N–C) groups is 1. The van der Waals surface area contributed by atoms with Crippen LogP contribution in [0, 0.1) is 12.7 Å². The Morgan fingerprint density at radius 1 is 1.04 bits per heavy atom. The highest BCUT2D eigenvalue weighted by molar-refractivity contribution is 6.31. The lowest BCUT2D eigenvalue weighted by atomic mass is 10.2. The number of hydrogen-bond donors (Lipinski definition) is 0. The van der Waals surface area contributed by atoms with E-state index in [1.54, 1.807) is 18.3 Å². The standard InChI is InChI=1S/C21H17ClFNO/c1-15-20(22)6-3-7-21(15)24-13-17-4-2-5-19(12-17)25-14-16-8-10-18(23)11-9-16/h2-13H,14H2,1H3. The van der Waals surface area contributed by atoms with Crippen LogP contribution < -0.4 is 4.74 Å². The van der Waals surface area contributed by atoms with Crippen LogP contribution in [-0.2, 0) is 6.61 Å². The molecule has 0 amide bonds. The van der Waals surface area contributed by atoms with Crippen LogP contribution in [0.4, 0.5) is 10.1 Å². The Morgan fingerprint density at radius 3 is 2.60 bits per heavy atom. The van der Waals surface area contributed by atoms with E-state index >= 15 is 0 Å². The molecule has 0 radical (unpaired) electrons. The molecule has 0 saturated carbocycles. The van der Waals surface area contributed by atoms with Crippen molar-refractivity contribution in [3.63, 3.8) is 0 Å². The second-order valence-corrected chi connectivity index (χ2v) is 6.04. The smallest absolute Gasteiger partial charge is 0.123 e. The number of ether oxygens (including phenoxy) is 1. The van der Waals surface area contributed by atoms with E-state index in [1.165, 1.54) is 12.1 Å². The van der Waals surface area contributed by atoms with Crippen molar-refractivity contribution in [2.24, 2.45) is 4.99 Å². The van der Waals surface area contributed by atoms with Crippen molar-refractivity contribution in [1.29, 1.82) is 0 Å². The number of hydrogen-bond acceptors (Lipinski definition) is 2. The van der Waals surface area contributed by atoms with Gasteiger partial charge < -0.3 is 4.74 Å². The van der Waals surface area contributed by atoms with Crippen molar-refractivity contribution in [3.05, 3.63) is 94.3 Å². The summed E-state index contributed by atoms with van der Waals surface area (Å²) in [5, 5.41) is 0.700. The van der Waals surface area contributed by atoms with Gasteiger partial charge in [-0.1, -0.05) is 41.9 Å². The molecule has 2 nitrogen and oxygen atoms in total. The highest BCUT2D eigenvalue weighted by atomic mass is 35.5.